The Balaban J connectivity index is 1.79. The number of ether oxygens (including phenoxy) is 2. The first kappa shape index (κ1) is 25.4. The fourth-order valence-corrected chi connectivity index (χ4v) is 5.67. The van der Waals surface area contributed by atoms with Gasteiger partial charge in [-0.25, -0.2) is 0 Å². The van der Waals surface area contributed by atoms with E-state index in [-0.39, 0.29) is 42.2 Å². The minimum absolute atomic E-state index is 0.0433. The number of hydrogen-bond donors (Lipinski definition) is 2. The van der Waals surface area contributed by atoms with Gasteiger partial charge in [-0.2, -0.15) is 0 Å². The van der Waals surface area contributed by atoms with Gasteiger partial charge in [-0.05, 0) is 50.0 Å². The maximum absolute atomic E-state index is 13.2. The molecule has 3 aliphatic rings. The third-order valence-corrected chi connectivity index (χ3v) is 7.37. The molecule has 33 heavy (non-hydrogen) atoms. The monoisotopic (exact) mass is 458 g/mol. The van der Waals surface area contributed by atoms with Crippen molar-refractivity contribution in [3.05, 3.63) is 49.1 Å². The number of fused-ring (bicyclic) bond motifs is 1. The predicted molar refractivity (Wildman–Crippen MR) is 126 cm³/mol. The lowest BCUT2D eigenvalue weighted by molar-refractivity contribution is -0.167. The van der Waals surface area contributed by atoms with Gasteiger partial charge in [0.25, 0.3) is 0 Å². The smallest absolute Gasteiger partial charge is 0.312 e. The Morgan fingerprint density at radius 2 is 2.00 bits per heavy atom. The molecule has 1 heterocycles. The Bertz CT molecular complexity index is 801. The molecule has 7 atom stereocenters. The van der Waals surface area contributed by atoms with Gasteiger partial charge in [0.15, 0.2) is 0 Å². The van der Waals surface area contributed by atoms with Gasteiger partial charge in [-0.15, -0.1) is 13.2 Å². The normalized spacial score (nSPS) is 32.7. The van der Waals surface area contributed by atoms with Crippen LogP contribution in [0.1, 0.15) is 58.8 Å². The molecule has 3 rings (SSSR count). The summed E-state index contributed by atoms with van der Waals surface area (Å²) >= 11 is 0. The molecule has 0 aromatic heterocycles. The van der Waals surface area contributed by atoms with E-state index in [1.165, 1.54) is 0 Å². The van der Waals surface area contributed by atoms with Crippen LogP contribution in [-0.2, 0) is 19.1 Å². The molecule has 2 aliphatic carbocycles. The summed E-state index contributed by atoms with van der Waals surface area (Å²) in [6.45, 7) is 11.5. The highest BCUT2D eigenvalue weighted by Gasteiger charge is 2.44. The lowest BCUT2D eigenvalue weighted by atomic mass is 9.66. The van der Waals surface area contributed by atoms with Gasteiger partial charge in [-0.3, -0.25) is 9.59 Å². The summed E-state index contributed by atoms with van der Waals surface area (Å²) in [5.74, 6) is -0.374. The van der Waals surface area contributed by atoms with Crippen molar-refractivity contribution in [3.8, 4) is 0 Å². The quantitative estimate of drug-likeness (QED) is 0.400. The molecule has 0 spiro atoms. The number of carbonyl (C=O) groups is 2. The average Bonchev–Trinajstić information content (AvgIpc) is 2.72. The van der Waals surface area contributed by atoms with Gasteiger partial charge in [-0.1, -0.05) is 37.3 Å². The molecule has 1 saturated heterocycles. The second kappa shape index (κ2) is 10.8. The van der Waals surface area contributed by atoms with Crippen molar-refractivity contribution in [1.82, 2.24) is 0 Å². The standard InChI is InChI=1S/C27H38O6/c1-5-10-27(4,11-6-2)26(31)33-23-15-19(28)13-18-8-7-9-22(25(18)23)17(3)12-21-14-20(29)16-24(30)32-21/h5-8,13,17,19-23,25,28-29H,1-2,9-12,14-16H2,3-4H3/t17-,19+,20+,21+,22-,23-,25-/m0/s1. The van der Waals surface area contributed by atoms with E-state index < -0.39 is 23.7 Å². The summed E-state index contributed by atoms with van der Waals surface area (Å²) < 4.78 is 11.6. The van der Waals surface area contributed by atoms with Crippen LogP contribution < -0.4 is 0 Å². The Morgan fingerprint density at radius 1 is 1.30 bits per heavy atom. The van der Waals surface area contributed by atoms with Crippen molar-refractivity contribution in [2.24, 2.45) is 23.2 Å². The maximum atomic E-state index is 13.2. The number of rotatable bonds is 9. The van der Waals surface area contributed by atoms with Crippen LogP contribution in [0.15, 0.2) is 49.1 Å². The molecule has 2 N–H and O–H groups in total. The Labute approximate surface area is 197 Å². The number of aliphatic hydroxyl groups is 2. The number of aliphatic hydroxyl groups excluding tert-OH is 2. The van der Waals surface area contributed by atoms with Crippen LogP contribution in [0.25, 0.3) is 0 Å². The Hall–Kier alpha value is -2.18. The van der Waals surface area contributed by atoms with Crippen molar-refractivity contribution >= 4 is 11.9 Å². The zero-order valence-electron chi connectivity index (χ0n) is 19.8. The summed E-state index contributed by atoms with van der Waals surface area (Å²) in [6.07, 6.45) is 10.6. The first-order valence-electron chi connectivity index (χ1n) is 12.0. The van der Waals surface area contributed by atoms with E-state index in [0.29, 0.717) is 32.1 Å². The highest BCUT2D eigenvalue weighted by Crippen LogP contribution is 2.45. The Kier molecular flexibility index (Phi) is 8.35. The summed E-state index contributed by atoms with van der Waals surface area (Å²) in [5.41, 5.74) is 0.248. The van der Waals surface area contributed by atoms with Crippen LogP contribution in [-0.4, -0.2) is 46.6 Å². The number of allylic oxidation sites excluding steroid dienone is 4. The Morgan fingerprint density at radius 3 is 2.64 bits per heavy atom. The summed E-state index contributed by atoms with van der Waals surface area (Å²) in [4.78, 5) is 25.0. The summed E-state index contributed by atoms with van der Waals surface area (Å²) in [7, 11) is 0. The number of hydrogen-bond acceptors (Lipinski definition) is 6. The molecule has 182 valence electrons. The van der Waals surface area contributed by atoms with E-state index in [1.807, 2.05) is 19.1 Å². The minimum atomic E-state index is -0.742. The SMILES string of the molecule is C=CCC(C)(CC=C)C(=O)O[C@H]1C[C@H](O)C=C2C=CC[C@@H]([C@@H](C)C[C@@H]3C[C@@H](O)CC(=O)O3)[C@H]21. The molecular weight excluding hydrogens is 420 g/mol. The molecule has 0 amide bonds. The number of esters is 2. The van der Waals surface area contributed by atoms with Gasteiger partial charge in [0.1, 0.15) is 12.2 Å². The maximum Gasteiger partial charge on any atom is 0.312 e. The van der Waals surface area contributed by atoms with E-state index in [0.717, 1.165) is 12.0 Å². The molecule has 6 nitrogen and oxygen atoms in total. The fourth-order valence-electron chi connectivity index (χ4n) is 5.67. The van der Waals surface area contributed by atoms with Crippen LogP contribution in [0, 0.1) is 23.2 Å². The molecule has 1 fully saturated rings. The van der Waals surface area contributed by atoms with E-state index >= 15 is 0 Å². The first-order valence-corrected chi connectivity index (χ1v) is 12.0. The second-order valence-corrected chi connectivity index (χ2v) is 10.2. The highest BCUT2D eigenvalue weighted by atomic mass is 16.6. The summed E-state index contributed by atoms with van der Waals surface area (Å²) in [6, 6.07) is 0. The van der Waals surface area contributed by atoms with Crippen molar-refractivity contribution in [2.75, 3.05) is 0 Å². The minimum Gasteiger partial charge on any atom is -0.462 e. The van der Waals surface area contributed by atoms with Crippen molar-refractivity contribution < 1.29 is 29.3 Å². The van der Waals surface area contributed by atoms with Crippen LogP contribution in [0.2, 0.25) is 0 Å². The van der Waals surface area contributed by atoms with E-state index in [9.17, 15) is 19.8 Å². The number of cyclic esters (lactones) is 1. The molecule has 1 aliphatic heterocycles. The van der Waals surface area contributed by atoms with Crippen molar-refractivity contribution in [3.63, 3.8) is 0 Å². The first-order chi connectivity index (χ1) is 15.7. The predicted octanol–water partition coefficient (Wildman–Crippen LogP) is 4.03. The third kappa shape index (κ3) is 6.04. The van der Waals surface area contributed by atoms with E-state index in [2.05, 4.69) is 26.2 Å². The molecule has 0 unspecified atom stereocenters. The molecule has 0 bridgehead atoms. The van der Waals surface area contributed by atoms with Gasteiger partial charge in [0, 0.05) is 18.8 Å². The van der Waals surface area contributed by atoms with Crippen LogP contribution >= 0.6 is 0 Å². The van der Waals surface area contributed by atoms with Crippen LogP contribution in [0.3, 0.4) is 0 Å². The second-order valence-electron chi connectivity index (χ2n) is 10.2. The zero-order valence-corrected chi connectivity index (χ0v) is 19.8. The number of carbonyl (C=O) groups excluding carboxylic acids is 2. The summed E-state index contributed by atoms with van der Waals surface area (Å²) in [5, 5.41) is 20.4. The average molecular weight is 459 g/mol. The van der Waals surface area contributed by atoms with Crippen molar-refractivity contribution in [2.45, 2.75) is 83.2 Å². The topological polar surface area (TPSA) is 93.1 Å². The fraction of sp³-hybridized carbons (Fsp3) is 0.630. The van der Waals surface area contributed by atoms with E-state index in [4.69, 9.17) is 9.47 Å². The third-order valence-electron chi connectivity index (χ3n) is 7.37. The molecule has 0 aromatic rings. The lowest BCUT2D eigenvalue weighted by Gasteiger charge is -2.44. The zero-order chi connectivity index (χ0) is 24.2. The molecule has 0 aromatic carbocycles. The van der Waals surface area contributed by atoms with Gasteiger partial charge in [0.05, 0.1) is 24.0 Å². The molecular formula is C27H38O6. The largest absolute Gasteiger partial charge is 0.462 e. The molecule has 6 heteroatoms. The van der Waals surface area contributed by atoms with Gasteiger partial charge >= 0.3 is 11.9 Å². The highest BCUT2D eigenvalue weighted by molar-refractivity contribution is 5.77. The van der Waals surface area contributed by atoms with E-state index in [1.54, 1.807) is 12.2 Å². The van der Waals surface area contributed by atoms with Gasteiger partial charge < -0.3 is 19.7 Å². The molecule has 0 radical (unpaired) electrons. The van der Waals surface area contributed by atoms with Gasteiger partial charge in [0.2, 0.25) is 0 Å². The molecule has 0 saturated carbocycles. The van der Waals surface area contributed by atoms with Crippen LogP contribution in [0.4, 0.5) is 0 Å². The van der Waals surface area contributed by atoms with Crippen LogP contribution in [0.5, 0.6) is 0 Å². The van der Waals surface area contributed by atoms with Crippen molar-refractivity contribution in [1.29, 1.82) is 0 Å². The lowest BCUT2D eigenvalue weighted by Crippen LogP contribution is -2.45.